The van der Waals surface area contributed by atoms with Crippen molar-refractivity contribution in [2.75, 3.05) is 0 Å². The van der Waals surface area contributed by atoms with Crippen molar-refractivity contribution in [2.45, 2.75) is 5.41 Å². The van der Waals surface area contributed by atoms with Gasteiger partial charge in [0.05, 0.1) is 16.8 Å². The quantitative estimate of drug-likeness (QED) is 0.152. The molecule has 0 radical (unpaired) electrons. The molecule has 59 heavy (non-hydrogen) atoms. The molecule has 0 atom stereocenters. The second kappa shape index (κ2) is 14.0. The normalized spacial score (nSPS) is 12.9. The van der Waals surface area contributed by atoms with Crippen LogP contribution in [0.2, 0.25) is 0 Å². The van der Waals surface area contributed by atoms with Crippen LogP contribution in [0.3, 0.4) is 0 Å². The lowest BCUT2D eigenvalue weighted by Crippen LogP contribution is -2.29. The van der Waals surface area contributed by atoms with Crippen molar-refractivity contribution in [3.05, 3.63) is 247 Å². The Balaban J connectivity index is 1.13. The van der Waals surface area contributed by atoms with Crippen LogP contribution in [0.4, 0.5) is 0 Å². The molecule has 1 aliphatic carbocycles. The van der Waals surface area contributed by atoms with Crippen molar-refractivity contribution in [1.29, 1.82) is 0 Å². The minimum atomic E-state index is -3.34. The highest BCUT2D eigenvalue weighted by atomic mass is 31.2. The number of rotatable bonds is 7. The van der Waals surface area contributed by atoms with Gasteiger partial charge in [0.25, 0.3) is 0 Å². The minimum absolute atomic E-state index is 0.618. The summed E-state index contributed by atoms with van der Waals surface area (Å²) in [5.41, 5.74) is 8.67. The molecule has 10 aromatic rings. The molecule has 1 aromatic heterocycles. The molecule has 0 unspecified atom stereocenters. The third-order valence-corrected chi connectivity index (χ3v) is 15.0. The Kier molecular flexibility index (Phi) is 8.32. The van der Waals surface area contributed by atoms with Crippen LogP contribution in [0.25, 0.3) is 55.4 Å². The summed E-state index contributed by atoms with van der Waals surface area (Å²) in [5.74, 6) is 0.618. The minimum Gasteiger partial charge on any atom is -0.309 e. The van der Waals surface area contributed by atoms with Crippen LogP contribution in [0, 0.1) is 0 Å². The second-order valence-electron chi connectivity index (χ2n) is 15.2. The van der Waals surface area contributed by atoms with Crippen molar-refractivity contribution in [3.8, 4) is 33.9 Å². The number of hydrogen-bond acceptors (Lipinski definition) is 3. The summed E-state index contributed by atoms with van der Waals surface area (Å²) in [6.07, 6.45) is 0. The fourth-order valence-corrected chi connectivity index (χ4v) is 11.9. The molecule has 11 rings (SSSR count). The van der Waals surface area contributed by atoms with Crippen LogP contribution in [0.1, 0.15) is 22.3 Å². The van der Waals surface area contributed by atoms with Crippen molar-refractivity contribution >= 4 is 44.6 Å². The molecule has 278 valence electrons. The maximum absolute atomic E-state index is 16.0. The Bertz CT molecular complexity index is 3110. The third-order valence-electron chi connectivity index (χ3n) is 12.0. The Morgan fingerprint density at radius 1 is 0.373 bits per heavy atom. The first-order valence-corrected chi connectivity index (χ1v) is 21.7. The van der Waals surface area contributed by atoms with Crippen molar-refractivity contribution < 1.29 is 4.57 Å². The van der Waals surface area contributed by atoms with Gasteiger partial charge in [-0.3, -0.25) is 0 Å². The van der Waals surface area contributed by atoms with Gasteiger partial charge >= 0.3 is 0 Å². The van der Waals surface area contributed by atoms with E-state index in [0.29, 0.717) is 5.82 Å². The van der Waals surface area contributed by atoms with E-state index in [1.807, 2.05) is 66.7 Å². The molecule has 0 N–H and O–H groups in total. The third kappa shape index (κ3) is 5.54. The zero-order valence-electron chi connectivity index (χ0n) is 32.1. The largest absolute Gasteiger partial charge is 0.309 e. The molecule has 1 aliphatic rings. The Hall–Kier alpha value is -7.19. The van der Waals surface area contributed by atoms with Crippen LogP contribution >= 0.6 is 7.14 Å². The molecule has 0 saturated heterocycles. The summed E-state index contributed by atoms with van der Waals surface area (Å²) in [5, 5.41) is 6.71. The summed E-state index contributed by atoms with van der Waals surface area (Å²) in [4.78, 5) is 11.0. The highest BCUT2D eigenvalue weighted by molar-refractivity contribution is 7.85. The van der Waals surface area contributed by atoms with E-state index in [-0.39, 0.29) is 0 Å². The molecule has 0 spiro atoms. The number of nitrogens with zero attached hydrogens (tertiary/aromatic N) is 2. The van der Waals surface area contributed by atoms with Gasteiger partial charge in [0, 0.05) is 38.2 Å². The van der Waals surface area contributed by atoms with Gasteiger partial charge in [-0.1, -0.05) is 212 Å². The first-order valence-electron chi connectivity index (χ1n) is 20.0. The zero-order chi connectivity index (χ0) is 39.4. The lowest BCUT2D eigenvalue weighted by molar-refractivity contribution is 0.592. The Morgan fingerprint density at radius 3 is 1.41 bits per heavy atom. The first-order chi connectivity index (χ1) is 29.1. The van der Waals surface area contributed by atoms with Gasteiger partial charge in [0.15, 0.2) is 13.0 Å². The van der Waals surface area contributed by atoms with Gasteiger partial charge < -0.3 is 4.57 Å². The highest BCUT2D eigenvalue weighted by Crippen LogP contribution is 2.58. The number of hydrogen-bond donors (Lipinski definition) is 0. The topological polar surface area (TPSA) is 42.9 Å². The van der Waals surface area contributed by atoms with Crippen LogP contribution in [-0.2, 0) is 9.98 Å². The van der Waals surface area contributed by atoms with Gasteiger partial charge in [-0.15, -0.1) is 0 Å². The van der Waals surface area contributed by atoms with Crippen LogP contribution in [-0.4, -0.2) is 9.97 Å². The van der Waals surface area contributed by atoms with Crippen LogP contribution < -0.4 is 15.9 Å². The maximum atomic E-state index is 16.0. The molecule has 9 aromatic carbocycles. The lowest BCUT2D eigenvalue weighted by Gasteiger charge is -2.34. The van der Waals surface area contributed by atoms with E-state index in [0.717, 1.165) is 82.2 Å². The van der Waals surface area contributed by atoms with Gasteiger partial charge in [-0.2, -0.15) is 0 Å². The van der Waals surface area contributed by atoms with E-state index in [1.165, 1.54) is 5.56 Å². The summed E-state index contributed by atoms with van der Waals surface area (Å²) in [6.45, 7) is 0. The smallest absolute Gasteiger partial charge is 0.171 e. The predicted octanol–water partition coefficient (Wildman–Crippen LogP) is 12.1. The molecular formula is C55H37N2OP. The molecule has 1 heterocycles. The zero-order valence-corrected chi connectivity index (χ0v) is 33.0. The van der Waals surface area contributed by atoms with Gasteiger partial charge in [0.2, 0.25) is 0 Å². The van der Waals surface area contributed by atoms with Gasteiger partial charge in [-0.25, -0.2) is 9.97 Å². The lowest BCUT2D eigenvalue weighted by atomic mass is 9.67. The molecule has 0 amide bonds. The molecule has 0 aliphatic heterocycles. The molecule has 0 saturated carbocycles. The number of benzene rings is 9. The Morgan fingerprint density at radius 2 is 0.831 bits per heavy atom. The first kappa shape index (κ1) is 35.0. The van der Waals surface area contributed by atoms with E-state index < -0.39 is 12.6 Å². The highest BCUT2D eigenvalue weighted by Gasteiger charge is 2.49. The van der Waals surface area contributed by atoms with Gasteiger partial charge in [-0.05, 0) is 50.4 Å². The maximum Gasteiger partial charge on any atom is 0.171 e. The molecule has 4 heteroatoms. The predicted molar refractivity (Wildman–Crippen MR) is 245 cm³/mol. The monoisotopic (exact) mass is 772 g/mol. The van der Waals surface area contributed by atoms with E-state index in [9.17, 15) is 0 Å². The molecular weight excluding hydrogens is 736 g/mol. The molecule has 3 nitrogen and oxygen atoms in total. The molecule has 0 fully saturated rings. The average molecular weight is 773 g/mol. The van der Waals surface area contributed by atoms with Gasteiger partial charge in [0.1, 0.15) is 0 Å². The molecule has 0 bridgehead atoms. The summed E-state index contributed by atoms with van der Waals surface area (Å²) in [7, 11) is -3.34. The summed E-state index contributed by atoms with van der Waals surface area (Å²) < 4.78 is 16.0. The summed E-state index contributed by atoms with van der Waals surface area (Å²) in [6, 6.07) is 77.7. The standard InChI is InChI=1S/C55H37N2OP/c58-59(47-34-28-38-16-10-12-20-42(38)36-47,48-35-29-39-17-11-13-21-43(39)37-48)46-32-30-41(31-33-46)54-56-52(40-18-4-1-5-19-40)51-53(57-54)49-26-14-15-27-50(49)55(51,44-22-6-2-7-23-44)45-24-8-3-9-25-45/h1-37H. The van der Waals surface area contributed by atoms with Crippen molar-refractivity contribution in [1.82, 2.24) is 9.97 Å². The van der Waals surface area contributed by atoms with E-state index in [2.05, 4.69) is 158 Å². The average Bonchev–Trinajstić information content (AvgIpc) is 3.62. The fourth-order valence-electron chi connectivity index (χ4n) is 9.25. The number of fused-ring (bicyclic) bond motifs is 5. The second-order valence-corrected chi connectivity index (χ2v) is 18.0. The van der Waals surface area contributed by atoms with Crippen LogP contribution in [0.5, 0.6) is 0 Å². The number of aromatic nitrogens is 2. The van der Waals surface area contributed by atoms with Crippen LogP contribution in [0.15, 0.2) is 224 Å². The van der Waals surface area contributed by atoms with Crippen molar-refractivity contribution in [3.63, 3.8) is 0 Å². The van der Waals surface area contributed by atoms with Crippen molar-refractivity contribution in [2.24, 2.45) is 0 Å². The van der Waals surface area contributed by atoms with E-state index in [1.54, 1.807) is 0 Å². The van der Waals surface area contributed by atoms with E-state index >= 15 is 4.57 Å². The SMILES string of the molecule is O=P(c1ccc(-c2nc(-c3ccccc3)c3c(n2)-c2ccccc2C3(c2ccccc2)c2ccccc2)cc1)(c1ccc2ccccc2c1)c1ccc2ccccc2c1. The Labute approximate surface area is 343 Å². The fraction of sp³-hybridized carbons (Fsp3) is 0.0182. The van der Waals surface area contributed by atoms with E-state index in [4.69, 9.17) is 9.97 Å². The summed E-state index contributed by atoms with van der Waals surface area (Å²) >= 11 is 0.